The molecular formula is C8H15F6N2P. The summed E-state index contributed by atoms with van der Waals surface area (Å²) in [4.78, 5) is 2.16. The van der Waals surface area contributed by atoms with Gasteiger partial charge in [-0.2, -0.15) is 4.58 Å². The number of hydrogen-bond donors (Lipinski definition) is 0. The summed E-state index contributed by atoms with van der Waals surface area (Å²) < 4.78 is 61.4. The van der Waals surface area contributed by atoms with Crippen LogP contribution in [0.2, 0.25) is 0 Å². The Morgan fingerprint density at radius 1 is 1.24 bits per heavy atom. The van der Waals surface area contributed by atoms with Crippen LogP contribution in [0.3, 0.4) is 0 Å². The van der Waals surface area contributed by atoms with Crippen molar-refractivity contribution in [3.8, 4) is 0 Å². The zero-order chi connectivity index (χ0) is 13.8. The van der Waals surface area contributed by atoms with Crippen LogP contribution in [0.25, 0.3) is 0 Å². The van der Waals surface area contributed by atoms with Crippen LogP contribution in [0.5, 0.6) is 0 Å². The van der Waals surface area contributed by atoms with E-state index in [1.165, 1.54) is 12.8 Å². The quantitative estimate of drug-likeness (QED) is 0.407. The van der Waals surface area contributed by atoms with Crippen LogP contribution in [-0.2, 0) is 0 Å². The molecule has 0 atom stereocenters. The summed E-state index contributed by atoms with van der Waals surface area (Å²) in [6, 6.07) is 0. The van der Waals surface area contributed by atoms with E-state index in [2.05, 4.69) is 42.1 Å². The molecule has 0 saturated carbocycles. The Morgan fingerprint density at radius 3 is 2.00 bits per heavy atom. The van der Waals surface area contributed by atoms with Crippen molar-refractivity contribution >= 4 is 14.0 Å². The predicted octanol–water partition coefficient (Wildman–Crippen LogP) is 4.63. The van der Waals surface area contributed by atoms with Crippen LogP contribution < -0.4 is 0 Å². The number of hydrogen-bond acceptors (Lipinski definition) is 1. The molecule has 17 heavy (non-hydrogen) atoms. The zero-order valence-corrected chi connectivity index (χ0v) is 10.4. The van der Waals surface area contributed by atoms with Gasteiger partial charge in [-0.15, -0.1) is 0 Å². The molecule has 1 heterocycles. The van der Waals surface area contributed by atoms with Crippen molar-refractivity contribution in [1.82, 2.24) is 4.90 Å². The first-order valence-corrected chi connectivity index (χ1v) is 6.85. The normalized spacial score (nSPS) is 21.9. The van der Waals surface area contributed by atoms with E-state index in [-0.39, 0.29) is 0 Å². The summed E-state index contributed by atoms with van der Waals surface area (Å²) in [5.41, 5.74) is 0. The van der Waals surface area contributed by atoms with Gasteiger partial charge < -0.3 is 4.90 Å². The predicted molar refractivity (Wildman–Crippen MR) is 56.6 cm³/mol. The molecule has 104 valence electrons. The molecule has 1 aliphatic heterocycles. The third-order valence-electron chi connectivity index (χ3n) is 1.55. The third kappa shape index (κ3) is 17.8. The molecule has 0 aliphatic carbocycles. The van der Waals surface area contributed by atoms with Crippen LogP contribution in [0, 0.1) is 0 Å². The third-order valence-corrected chi connectivity index (χ3v) is 1.55. The maximum atomic E-state index is 9.87. The van der Waals surface area contributed by atoms with Crippen molar-refractivity contribution < 1.29 is 29.8 Å². The Labute approximate surface area is 95.5 Å². The van der Waals surface area contributed by atoms with Crippen molar-refractivity contribution in [3.63, 3.8) is 0 Å². The van der Waals surface area contributed by atoms with E-state index in [0.717, 1.165) is 6.67 Å². The van der Waals surface area contributed by atoms with Crippen molar-refractivity contribution in [2.45, 2.75) is 19.8 Å². The van der Waals surface area contributed by atoms with Gasteiger partial charge in [0.25, 0.3) is 0 Å². The number of halogens is 6. The first-order valence-electron chi connectivity index (χ1n) is 4.82. The molecule has 0 amide bonds. The minimum atomic E-state index is -10.7. The van der Waals surface area contributed by atoms with Crippen molar-refractivity contribution in [2.75, 3.05) is 13.7 Å². The molecule has 0 fully saturated rings. The summed E-state index contributed by atoms with van der Waals surface area (Å²) in [6.07, 6.45) is 8.84. The van der Waals surface area contributed by atoms with Gasteiger partial charge in [0.1, 0.15) is 6.21 Å². The van der Waals surface area contributed by atoms with Crippen LogP contribution in [0.1, 0.15) is 19.8 Å². The second-order valence-corrected chi connectivity index (χ2v) is 5.56. The van der Waals surface area contributed by atoms with Crippen LogP contribution in [-0.4, -0.2) is 29.4 Å². The SMILES string of the molecule is CCCC=[N+]1C=CN(C)C1.F[P-](F)(F)(F)(F)F. The topological polar surface area (TPSA) is 6.25 Å². The average Bonchev–Trinajstić information content (AvgIpc) is 2.42. The minimum absolute atomic E-state index is 1.01. The number of nitrogens with zero attached hydrogens (tertiary/aromatic N) is 2. The summed E-state index contributed by atoms with van der Waals surface area (Å²) in [7, 11) is -8.58. The van der Waals surface area contributed by atoms with Gasteiger partial charge in [-0.05, 0) is 6.42 Å². The van der Waals surface area contributed by atoms with E-state index in [9.17, 15) is 25.2 Å². The van der Waals surface area contributed by atoms with Gasteiger partial charge in [0.05, 0.1) is 6.20 Å². The Balaban J connectivity index is 0.000000325. The molecule has 0 bridgehead atoms. The molecule has 0 saturated heterocycles. The maximum absolute atomic E-state index is 10.7. The number of rotatable bonds is 2. The van der Waals surface area contributed by atoms with E-state index in [0.29, 0.717) is 0 Å². The van der Waals surface area contributed by atoms with Gasteiger partial charge >= 0.3 is 33.0 Å². The van der Waals surface area contributed by atoms with Crippen molar-refractivity contribution in [3.05, 3.63) is 12.4 Å². The van der Waals surface area contributed by atoms with E-state index >= 15 is 0 Å². The monoisotopic (exact) mass is 284 g/mol. The molecule has 1 aliphatic rings. The number of unbranched alkanes of at least 4 members (excludes halogenated alkanes) is 1. The molecule has 0 aromatic rings. The first kappa shape index (κ1) is 16.2. The molecular weight excluding hydrogens is 269 g/mol. The van der Waals surface area contributed by atoms with Gasteiger partial charge in [-0.3, -0.25) is 0 Å². The molecule has 0 N–H and O–H groups in total. The van der Waals surface area contributed by atoms with Gasteiger partial charge in [0, 0.05) is 13.5 Å². The first-order chi connectivity index (χ1) is 7.28. The fourth-order valence-electron chi connectivity index (χ4n) is 0.965. The summed E-state index contributed by atoms with van der Waals surface area (Å²) in [5, 5.41) is 0. The molecule has 0 spiro atoms. The van der Waals surface area contributed by atoms with Gasteiger partial charge in [-0.1, -0.05) is 6.92 Å². The fraction of sp³-hybridized carbons (Fsp3) is 0.625. The molecule has 0 aromatic carbocycles. The van der Waals surface area contributed by atoms with Gasteiger partial charge in [0.15, 0.2) is 6.20 Å². The zero-order valence-electron chi connectivity index (χ0n) is 9.46. The Morgan fingerprint density at radius 2 is 1.71 bits per heavy atom. The van der Waals surface area contributed by atoms with E-state index in [4.69, 9.17) is 0 Å². The van der Waals surface area contributed by atoms with Crippen molar-refractivity contribution in [1.29, 1.82) is 0 Å². The Bertz CT molecular complexity index is 305. The average molecular weight is 284 g/mol. The Kier molecular flexibility index (Phi) is 4.27. The second-order valence-electron chi connectivity index (χ2n) is 3.64. The molecule has 0 radical (unpaired) electrons. The fourth-order valence-corrected chi connectivity index (χ4v) is 0.965. The van der Waals surface area contributed by atoms with E-state index in [1.807, 2.05) is 0 Å². The summed E-state index contributed by atoms with van der Waals surface area (Å²) in [6.45, 7) is 3.21. The molecule has 9 heteroatoms. The second kappa shape index (κ2) is 4.48. The van der Waals surface area contributed by atoms with Gasteiger partial charge in [-0.25, -0.2) is 0 Å². The summed E-state index contributed by atoms with van der Waals surface area (Å²) >= 11 is 0. The van der Waals surface area contributed by atoms with Crippen molar-refractivity contribution in [2.24, 2.45) is 0 Å². The standard InChI is InChI=1S/C8H15N2.F6P/c1-3-4-5-10-7-6-9(2)8-10;1-7(2,3,4,5)6/h5-7H,3-4,8H2,1-2H3;/q+1;-1. The Hall–Kier alpha value is -0.780. The van der Waals surface area contributed by atoms with Crippen LogP contribution in [0.4, 0.5) is 25.2 Å². The molecule has 0 aromatic heterocycles. The van der Waals surface area contributed by atoms with E-state index in [1.54, 1.807) is 0 Å². The summed E-state index contributed by atoms with van der Waals surface area (Å²) in [5.74, 6) is 0. The van der Waals surface area contributed by atoms with Crippen LogP contribution in [0.15, 0.2) is 12.4 Å². The molecule has 1 rings (SSSR count). The molecule has 2 nitrogen and oxygen atoms in total. The van der Waals surface area contributed by atoms with E-state index < -0.39 is 7.81 Å². The van der Waals surface area contributed by atoms with Crippen LogP contribution >= 0.6 is 7.81 Å². The van der Waals surface area contributed by atoms with Gasteiger partial charge in [0.2, 0.25) is 6.67 Å². The molecule has 0 unspecified atom stereocenters.